The molecule has 0 radical (unpaired) electrons. The van der Waals surface area contributed by atoms with E-state index in [1.54, 1.807) is 24.3 Å². The highest BCUT2D eigenvalue weighted by Crippen LogP contribution is 2.08. The molecule has 18 heavy (non-hydrogen) atoms. The molecule has 2 aromatic rings. The minimum atomic E-state index is -0.910. The second kappa shape index (κ2) is 5.98. The quantitative estimate of drug-likeness (QED) is 0.876. The van der Waals surface area contributed by atoms with Crippen LogP contribution in [0.25, 0.3) is 0 Å². The first-order valence-electron chi connectivity index (χ1n) is 5.69. The van der Waals surface area contributed by atoms with Crippen molar-refractivity contribution in [3.8, 4) is 0 Å². The van der Waals surface area contributed by atoms with Crippen LogP contribution in [-0.2, 0) is 18.0 Å². The molecule has 0 saturated heterocycles. The van der Waals surface area contributed by atoms with Crippen molar-refractivity contribution in [1.82, 2.24) is 0 Å². The molecule has 0 saturated carbocycles. The van der Waals surface area contributed by atoms with Gasteiger partial charge in [-0.2, -0.15) is 0 Å². The van der Waals surface area contributed by atoms with Gasteiger partial charge in [0.1, 0.15) is 0 Å². The van der Waals surface area contributed by atoms with Gasteiger partial charge in [-0.1, -0.05) is 42.5 Å². The van der Waals surface area contributed by atoms with Crippen molar-refractivity contribution in [3.05, 3.63) is 71.3 Å². The molecule has 0 bridgehead atoms. The fourth-order valence-corrected chi connectivity index (χ4v) is 1.60. The Morgan fingerprint density at radius 3 is 2.00 bits per heavy atom. The molecule has 0 fully saturated rings. The van der Waals surface area contributed by atoms with Crippen LogP contribution >= 0.6 is 0 Å². The third kappa shape index (κ3) is 3.43. The van der Waals surface area contributed by atoms with E-state index in [0.29, 0.717) is 18.8 Å². The van der Waals surface area contributed by atoms with E-state index in [0.717, 1.165) is 11.1 Å². The summed E-state index contributed by atoms with van der Waals surface area (Å²) in [6.45, 7) is 1.04. The Hall–Kier alpha value is -2.13. The van der Waals surface area contributed by atoms with Crippen molar-refractivity contribution in [2.45, 2.75) is 13.2 Å². The molecule has 1 N–H and O–H groups in total. The van der Waals surface area contributed by atoms with Gasteiger partial charge in [-0.25, -0.2) is 4.79 Å². The number of benzene rings is 2. The highest BCUT2D eigenvalue weighted by atomic mass is 16.5. The predicted octanol–water partition coefficient (Wildman–Crippen LogP) is 3.10. The van der Waals surface area contributed by atoms with E-state index in [2.05, 4.69) is 0 Å². The van der Waals surface area contributed by atoms with Gasteiger partial charge in [0, 0.05) is 0 Å². The molecule has 3 nitrogen and oxygen atoms in total. The fraction of sp³-hybridized carbons (Fsp3) is 0.133. The van der Waals surface area contributed by atoms with E-state index < -0.39 is 5.97 Å². The van der Waals surface area contributed by atoms with E-state index in [9.17, 15) is 4.79 Å². The molecular weight excluding hydrogens is 228 g/mol. The third-order valence-corrected chi connectivity index (χ3v) is 2.58. The zero-order valence-electron chi connectivity index (χ0n) is 9.87. The maximum atomic E-state index is 10.7. The maximum Gasteiger partial charge on any atom is 0.335 e. The Balaban J connectivity index is 1.85. The van der Waals surface area contributed by atoms with Crippen molar-refractivity contribution in [2.75, 3.05) is 0 Å². The van der Waals surface area contributed by atoms with Gasteiger partial charge in [-0.15, -0.1) is 0 Å². The summed E-state index contributed by atoms with van der Waals surface area (Å²) in [4.78, 5) is 10.7. The Kier molecular flexibility index (Phi) is 4.10. The van der Waals surface area contributed by atoms with Crippen LogP contribution in [0.2, 0.25) is 0 Å². The minimum Gasteiger partial charge on any atom is -0.478 e. The van der Waals surface area contributed by atoms with Gasteiger partial charge >= 0.3 is 5.97 Å². The second-order valence-electron chi connectivity index (χ2n) is 3.98. The number of carbonyl (C=O) groups is 1. The van der Waals surface area contributed by atoms with Crippen LogP contribution in [0.3, 0.4) is 0 Å². The van der Waals surface area contributed by atoms with Crippen LogP contribution in [0.15, 0.2) is 54.6 Å². The summed E-state index contributed by atoms with van der Waals surface area (Å²) in [7, 11) is 0. The first kappa shape index (κ1) is 12.3. The van der Waals surface area contributed by atoms with Gasteiger partial charge in [-0.05, 0) is 23.3 Å². The molecular formula is C15H14O3. The number of carboxylic acids is 1. The van der Waals surface area contributed by atoms with Crippen LogP contribution < -0.4 is 0 Å². The number of hydrogen-bond acceptors (Lipinski definition) is 2. The summed E-state index contributed by atoms with van der Waals surface area (Å²) in [5.41, 5.74) is 2.39. The van der Waals surface area contributed by atoms with Gasteiger partial charge in [0.2, 0.25) is 0 Å². The molecule has 0 heterocycles. The third-order valence-electron chi connectivity index (χ3n) is 2.58. The standard InChI is InChI=1S/C15H14O3/c16-15(17)14-8-6-13(7-9-14)11-18-10-12-4-2-1-3-5-12/h1-9H,10-11H2,(H,16,17). The molecule has 0 aliphatic carbocycles. The van der Waals surface area contributed by atoms with E-state index >= 15 is 0 Å². The molecule has 3 heteroatoms. The number of carboxylic acid groups (broad SMARTS) is 1. The predicted molar refractivity (Wildman–Crippen MR) is 68.3 cm³/mol. The van der Waals surface area contributed by atoms with E-state index in [4.69, 9.17) is 9.84 Å². The molecule has 0 aliphatic heterocycles. The SMILES string of the molecule is O=C(O)c1ccc(COCc2ccccc2)cc1. The van der Waals surface area contributed by atoms with Crippen molar-refractivity contribution < 1.29 is 14.6 Å². The minimum absolute atomic E-state index is 0.293. The van der Waals surface area contributed by atoms with Gasteiger partial charge in [0.15, 0.2) is 0 Å². The maximum absolute atomic E-state index is 10.7. The van der Waals surface area contributed by atoms with Crippen LogP contribution in [-0.4, -0.2) is 11.1 Å². The summed E-state index contributed by atoms with van der Waals surface area (Å²) in [5.74, 6) is -0.910. The van der Waals surface area contributed by atoms with E-state index in [1.165, 1.54) is 0 Å². The number of aromatic carboxylic acids is 1. The van der Waals surface area contributed by atoms with Crippen molar-refractivity contribution in [3.63, 3.8) is 0 Å². The molecule has 2 rings (SSSR count). The van der Waals surface area contributed by atoms with Gasteiger partial charge in [-0.3, -0.25) is 0 Å². The van der Waals surface area contributed by atoms with Crippen molar-refractivity contribution >= 4 is 5.97 Å². The highest BCUT2D eigenvalue weighted by molar-refractivity contribution is 5.87. The van der Waals surface area contributed by atoms with Crippen molar-refractivity contribution in [1.29, 1.82) is 0 Å². The monoisotopic (exact) mass is 242 g/mol. The molecule has 0 aliphatic rings. The zero-order chi connectivity index (χ0) is 12.8. The molecule has 2 aromatic carbocycles. The normalized spacial score (nSPS) is 10.2. The topological polar surface area (TPSA) is 46.5 Å². The van der Waals surface area contributed by atoms with Crippen LogP contribution in [0.4, 0.5) is 0 Å². The van der Waals surface area contributed by atoms with Gasteiger partial charge < -0.3 is 9.84 Å². The van der Waals surface area contributed by atoms with Crippen LogP contribution in [0, 0.1) is 0 Å². The molecule has 0 atom stereocenters. The molecule has 0 spiro atoms. The van der Waals surface area contributed by atoms with E-state index in [-0.39, 0.29) is 0 Å². The first-order valence-corrected chi connectivity index (χ1v) is 5.69. The van der Waals surface area contributed by atoms with E-state index in [1.807, 2.05) is 30.3 Å². The molecule has 0 amide bonds. The molecule has 0 aromatic heterocycles. The summed E-state index contributed by atoms with van der Waals surface area (Å²) >= 11 is 0. The average molecular weight is 242 g/mol. The van der Waals surface area contributed by atoms with Gasteiger partial charge in [0.25, 0.3) is 0 Å². The smallest absolute Gasteiger partial charge is 0.335 e. The lowest BCUT2D eigenvalue weighted by Gasteiger charge is -2.05. The fourth-order valence-electron chi connectivity index (χ4n) is 1.60. The lowest BCUT2D eigenvalue weighted by atomic mass is 10.1. The lowest BCUT2D eigenvalue weighted by molar-refractivity contribution is 0.0696. The largest absolute Gasteiger partial charge is 0.478 e. The summed E-state index contributed by atoms with van der Waals surface area (Å²) < 4.78 is 5.56. The summed E-state index contributed by atoms with van der Waals surface area (Å²) in [6, 6.07) is 16.6. The molecule has 92 valence electrons. The first-order chi connectivity index (χ1) is 8.75. The van der Waals surface area contributed by atoms with Crippen molar-refractivity contribution in [2.24, 2.45) is 0 Å². The summed E-state index contributed by atoms with van der Waals surface area (Å²) in [5, 5.41) is 8.77. The van der Waals surface area contributed by atoms with Crippen LogP contribution in [0.1, 0.15) is 21.5 Å². The molecule has 0 unspecified atom stereocenters. The lowest BCUT2D eigenvalue weighted by Crippen LogP contribution is -1.97. The van der Waals surface area contributed by atoms with Gasteiger partial charge in [0.05, 0.1) is 18.8 Å². The summed E-state index contributed by atoms with van der Waals surface area (Å²) in [6.07, 6.45) is 0. The second-order valence-corrected chi connectivity index (χ2v) is 3.98. The number of rotatable bonds is 5. The van der Waals surface area contributed by atoms with Crippen LogP contribution in [0.5, 0.6) is 0 Å². The Morgan fingerprint density at radius 2 is 1.44 bits per heavy atom. The Labute approximate surface area is 106 Å². The zero-order valence-corrected chi connectivity index (χ0v) is 9.87. The Bertz CT molecular complexity index is 503. The average Bonchev–Trinajstić information content (AvgIpc) is 2.40. The number of ether oxygens (including phenoxy) is 1. The highest BCUT2D eigenvalue weighted by Gasteiger charge is 2.01. The Morgan fingerprint density at radius 1 is 0.889 bits per heavy atom. The number of hydrogen-bond donors (Lipinski definition) is 1.